The topological polar surface area (TPSA) is 29.1 Å². The van der Waals surface area contributed by atoms with E-state index in [1.165, 1.54) is 0 Å². The number of carbonyl (C=O) groups is 1. The Balaban J connectivity index is 2.64. The summed E-state index contributed by atoms with van der Waals surface area (Å²) in [4.78, 5) is 12.0. The van der Waals surface area contributed by atoms with Crippen LogP contribution in [0.15, 0.2) is 0 Å². The molecule has 0 spiro atoms. The molecule has 1 rings (SSSR count). The second-order valence-corrected chi connectivity index (χ2v) is 5.92. The molecule has 0 aromatic heterocycles. The van der Waals surface area contributed by atoms with Gasteiger partial charge in [-0.1, -0.05) is 20.8 Å². The lowest BCUT2D eigenvalue weighted by molar-refractivity contribution is -0.129. The number of Topliss-reactive ketones (excluding diaryl/α,β-unsaturated/α-hetero) is 1. The van der Waals surface area contributed by atoms with Gasteiger partial charge >= 0.3 is 0 Å². The van der Waals surface area contributed by atoms with Gasteiger partial charge in [-0.05, 0) is 19.8 Å². The van der Waals surface area contributed by atoms with Crippen molar-refractivity contribution in [3.8, 4) is 0 Å². The van der Waals surface area contributed by atoms with Crippen molar-refractivity contribution in [1.29, 1.82) is 0 Å². The number of ketones is 1. The second-order valence-electron chi connectivity index (χ2n) is 5.30. The Labute approximate surface area is 91.4 Å². The van der Waals surface area contributed by atoms with Gasteiger partial charge in [0.2, 0.25) is 0 Å². The van der Waals surface area contributed by atoms with Crippen molar-refractivity contribution in [3.63, 3.8) is 0 Å². The lowest BCUT2D eigenvalue weighted by Gasteiger charge is -2.34. The Morgan fingerprint density at radius 2 is 1.93 bits per heavy atom. The average Bonchev–Trinajstić information content (AvgIpc) is 1.99. The minimum atomic E-state index is -0.272. The van der Waals surface area contributed by atoms with Crippen LogP contribution in [0.4, 0.5) is 0 Å². The Morgan fingerprint density at radius 1 is 1.36 bits per heavy atom. The van der Waals surface area contributed by atoms with Crippen molar-refractivity contribution in [2.45, 2.75) is 58.0 Å². The summed E-state index contributed by atoms with van der Waals surface area (Å²) in [5, 5.41) is 3.46. The number of carbonyl (C=O) groups excluding carboxylic acids is 1. The van der Waals surface area contributed by atoms with Crippen LogP contribution in [0.25, 0.3) is 0 Å². The summed E-state index contributed by atoms with van der Waals surface area (Å²) in [6.45, 7) is 7.95. The third-order valence-corrected chi connectivity index (χ3v) is 3.00. The predicted octanol–water partition coefficient (Wildman–Crippen LogP) is 2.35. The number of alkyl halides is 1. The molecule has 1 aliphatic heterocycles. The normalized spacial score (nSPS) is 34.2. The second kappa shape index (κ2) is 4.19. The highest BCUT2D eigenvalue weighted by Crippen LogP contribution is 2.25. The first-order valence-corrected chi connectivity index (χ1v) is 5.69. The van der Waals surface area contributed by atoms with Crippen LogP contribution in [-0.2, 0) is 4.79 Å². The zero-order valence-corrected chi connectivity index (χ0v) is 10.2. The van der Waals surface area contributed by atoms with Crippen LogP contribution in [0.3, 0.4) is 0 Å². The number of rotatable bonds is 1. The summed E-state index contributed by atoms with van der Waals surface area (Å²) < 4.78 is 0. The Bertz CT molecular complexity index is 212. The molecule has 1 heterocycles. The molecular weight excluding hydrogens is 198 g/mol. The van der Waals surface area contributed by atoms with E-state index in [2.05, 4.69) is 12.2 Å². The Kier molecular flexibility index (Phi) is 3.59. The van der Waals surface area contributed by atoms with Crippen LogP contribution in [0.1, 0.15) is 40.5 Å². The van der Waals surface area contributed by atoms with Gasteiger partial charge in [0.25, 0.3) is 0 Å². The molecule has 1 aliphatic rings. The molecule has 14 heavy (non-hydrogen) atoms. The summed E-state index contributed by atoms with van der Waals surface area (Å²) in [7, 11) is 0. The van der Waals surface area contributed by atoms with Crippen molar-refractivity contribution in [3.05, 3.63) is 0 Å². The summed E-state index contributed by atoms with van der Waals surface area (Å²) in [5.41, 5.74) is -0.272. The van der Waals surface area contributed by atoms with Crippen molar-refractivity contribution in [2.24, 2.45) is 5.41 Å². The fourth-order valence-electron chi connectivity index (χ4n) is 1.92. The first-order valence-electron chi connectivity index (χ1n) is 5.25. The summed E-state index contributed by atoms with van der Waals surface area (Å²) in [6, 6.07) is 0.295. The van der Waals surface area contributed by atoms with Crippen LogP contribution >= 0.6 is 11.6 Å². The molecule has 0 aromatic carbocycles. The standard InChI is InChI=1S/C11H20ClNO/c1-7-5-8(12)6-9(13-7)10(14)11(2,3)4/h7-9,13H,5-6H2,1-4H3. The monoisotopic (exact) mass is 217 g/mol. The molecule has 3 atom stereocenters. The van der Waals surface area contributed by atoms with E-state index in [9.17, 15) is 4.79 Å². The van der Waals surface area contributed by atoms with E-state index in [1.807, 2.05) is 20.8 Å². The molecule has 2 nitrogen and oxygen atoms in total. The highest BCUT2D eigenvalue weighted by atomic mass is 35.5. The van der Waals surface area contributed by atoms with E-state index in [-0.39, 0.29) is 22.6 Å². The van der Waals surface area contributed by atoms with Crippen LogP contribution in [0.2, 0.25) is 0 Å². The number of piperidine rings is 1. The van der Waals surface area contributed by atoms with E-state index in [1.54, 1.807) is 0 Å². The molecule has 3 unspecified atom stereocenters. The maximum atomic E-state index is 12.0. The van der Waals surface area contributed by atoms with E-state index in [0.29, 0.717) is 6.04 Å². The van der Waals surface area contributed by atoms with Crippen molar-refractivity contribution < 1.29 is 4.79 Å². The molecule has 82 valence electrons. The first-order chi connectivity index (χ1) is 6.30. The van der Waals surface area contributed by atoms with Gasteiger partial charge in [-0.15, -0.1) is 11.6 Å². The van der Waals surface area contributed by atoms with Gasteiger partial charge in [0, 0.05) is 16.8 Å². The number of hydrogen-bond acceptors (Lipinski definition) is 2. The molecule has 0 aliphatic carbocycles. The summed E-state index contributed by atoms with van der Waals surface area (Å²) in [6.07, 6.45) is 1.72. The fraction of sp³-hybridized carbons (Fsp3) is 0.909. The van der Waals surface area contributed by atoms with E-state index in [0.717, 1.165) is 12.8 Å². The third-order valence-electron chi connectivity index (χ3n) is 2.64. The minimum Gasteiger partial charge on any atom is -0.305 e. The van der Waals surface area contributed by atoms with Gasteiger partial charge in [0.1, 0.15) is 0 Å². The van der Waals surface area contributed by atoms with Gasteiger partial charge in [0.05, 0.1) is 6.04 Å². The molecule has 0 radical (unpaired) electrons. The molecule has 0 amide bonds. The van der Waals surface area contributed by atoms with E-state index in [4.69, 9.17) is 11.6 Å². The number of halogens is 1. The van der Waals surface area contributed by atoms with Gasteiger partial charge in [-0.25, -0.2) is 0 Å². The number of nitrogens with one attached hydrogen (secondary N) is 1. The van der Waals surface area contributed by atoms with Gasteiger partial charge in [0.15, 0.2) is 5.78 Å². The molecule has 1 fully saturated rings. The maximum absolute atomic E-state index is 12.0. The van der Waals surface area contributed by atoms with Crippen LogP contribution in [-0.4, -0.2) is 23.2 Å². The Hall–Kier alpha value is -0.0800. The molecular formula is C11H20ClNO. The lowest BCUT2D eigenvalue weighted by Crippen LogP contribution is -2.51. The molecule has 1 saturated heterocycles. The zero-order chi connectivity index (χ0) is 10.9. The average molecular weight is 218 g/mol. The van der Waals surface area contributed by atoms with Crippen LogP contribution in [0, 0.1) is 5.41 Å². The Morgan fingerprint density at radius 3 is 2.36 bits per heavy atom. The maximum Gasteiger partial charge on any atom is 0.155 e. The van der Waals surface area contributed by atoms with Crippen molar-refractivity contribution in [1.82, 2.24) is 5.32 Å². The minimum absolute atomic E-state index is 0.0544. The van der Waals surface area contributed by atoms with E-state index >= 15 is 0 Å². The van der Waals surface area contributed by atoms with Crippen LogP contribution in [0.5, 0.6) is 0 Å². The van der Waals surface area contributed by atoms with Gasteiger partial charge < -0.3 is 5.32 Å². The van der Waals surface area contributed by atoms with Gasteiger partial charge in [-0.2, -0.15) is 0 Å². The van der Waals surface area contributed by atoms with E-state index < -0.39 is 0 Å². The smallest absolute Gasteiger partial charge is 0.155 e. The highest BCUT2D eigenvalue weighted by molar-refractivity contribution is 6.20. The highest BCUT2D eigenvalue weighted by Gasteiger charge is 2.34. The SMILES string of the molecule is CC1CC(Cl)CC(C(=O)C(C)(C)C)N1. The third kappa shape index (κ3) is 2.96. The molecule has 1 N–H and O–H groups in total. The van der Waals surface area contributed by atoms with Crippen LogP contribution < -0.4 is 5.32 Å². The van der Waals surface area contributed by atoms with Gasteiger partial charge in [-0.3, -0.25) is 4.79 Å². The zero-order valence-electron chi connectivity index (χ0n) is 9.43. The fourth-order valence-corrected chi connectivity index (χ4v) is 2.37. The summed E-state index contributed by atoms with van der Waals surface area (Å²) >= 11 is 6.11. The molecule has 0 saturated carbocycles. The largest absolute Gasteiger partial charge is 0.305 e. The van der Waals surface area contributed by atoms with Crippen molar-refractivity contribution >= 4 is 17.4 Å². The molecule has 3 heteroatoms. The predicted molar refractivity (Wildman–Crippen MR) is 59.7 cm³/mol. The quantitative estimate of drug-likeness (QED) is 0.684. The number of hydrogen-bond donors (Lipinski definition) is 1. The summed E-state index contributed by atoms with van der Waals surface area (Å²) in [5.74, 6) is 0.273. The lowest BCUT2D eigenvalue weighted by atomic mass is 9.82. The molecule has 0 bridgehead atoms. The van der Waals surface area contributed by atoms with Crippen molar-refractivity contribution in [2.75, 3.05) is 0 Å². The molecule has 0 aromatic rings. The first kappa shape index (κ1) is 12.0.